The molecule has 0 bridgehead atoms. The second kappa shape index (κ2) is 37.7. The van der Waals surface area contributed by atoms with Gasteiger partial charge in [-0.25, -0.2) is 31.1 Å². The first-order valence-corrected chi connectivity index (χ1v) is 29.0. The van der Waals surface area contributed by atoms with Gasteiger partial charge in [-0.05, 0) is 73.6 Å². The van der Waals surface area contributed by atoms with Crippen LogP contribution in [0.25, 0.3) is 0 Å². The van der Waals surface area contributed by atoms with E-state index in [1.165, 1.54) is 52.1 Å². The average Bonchev–Trinajstić information content (AvgIpc) is 3.24. The van der Waals surface area contributed by atoms with Crippen molar-refractivity contribution in [1.82, 2.24) is 20.1 Å². The molecule has 0 saturated heterocycles. The van der Waals surface area contributed by atoms with Crippen molar-refractivity contribution in [3.63, 3.8) is 0 Å². The highest BCUT2D eigenvalue weighted by Gasteiger charge is 2.27. The molecule has 0 aliphatic carbocycles. The molecule has 0 aliphatic rings. The lowest BCUT2D eigenvalue weighted by Crippen LogP contribution is -2.47. The smallest absolute Gasteiger partial charge is 0.329 e. The summed E-state index contributed by atoms with van der Waals surface area (Å²) in [5.41, 5.74) is -1.21. The highest BCUT2D eigenvalue weighted by Crippen LogP contribution is 2.16. The zero-order valence-corrected chi connectivity index (χ0v) is 46.3. The van der Waals surface area contributed by atoms with E-state index in [9.17, 15) is 40.8 Å². The Morgan fingerprint density at radius 1 is 0.500 bits per heavy atom. The van der Waals surface area contributed by atoms with Gasteiger partial charge in [0, 0.05) is 32.4 Å². The molecule has 0 fully saturated rings. The molecule has 1 unspecified atom stereocenters. The molecule has 0 saturated carbocycles. The summed E-state index contributed by atoms with van der Waals surface area (Å²) in [6.45, 7) is 13.6. The first-order valence-electron chi connectivity index (χ1n) is 25.7. The number of carbonyl (C=O) groups is 5. The number of esters is 3. The van der Waals surface area contributed by atoms with Gasteiger partial charge in [-0.15, -0.1) is 0 Å². The summed E-state index contributed by atoms with van der Waals surface area (Å²) >= 11 is 0. The molecular weight excluding hydrogens is 947 g/mol. The van der Waals surface area contributed by atoms with E-state index in [4.69, 9.17) is 18.9 Å². The topological polar surface area (TPSA) is 248 Å². The summed E-state index contributed by atoms with van der Waals surface area (Å²) in [6.07, 6.45) is 16.4. The Kier molecular flexibility index (Phi) is 36.2. The van der Waals surface area contributed by atoms with E-state index in [0.717, 1.165) is 38.5 Å². The van der Waals surface area contributed by atoms with Crippen molar-refractivity contribution in [2.45, 2.75) is 194 Å². The normalized spacial score (nSPS) is 12.9. The van der Waals surface area contributed by atoms with Crippen molar-refractivity contribution < 1.29 is 69.0 Å². The number of carbonyl (C=O) groups excluding carboxylic acids is 5. The number of rotatable bonds is 44. The molecule has 4 N–H and O–H groups in total. The van der Waals surface area contributed by atoms with Crippen molar-refractivity contribution in [1.29, 1.82) is 0 Å². The van der Waals surface area contributed by atoms with Gasteiger partial charge < -0.3 is 38.8 Å². The fraction of sp³-hybridized carbons (Fsp3) is 0.898. The van der Waals surface area contributed by atoms with Crippen LogP contribution in [0.3, 0.4) is 0 Å². The summed E-state index contributed by atoms with van der Waals surface area (Å²) in [7, 11) is -2.14. The number of hydrogen-bond acceptors (Lipinski definition) is 14. The van der Waals surface area contributed by atoms with Gasteiger partial charge in [-0.1, -0.05) is 77.0 Å². The number of unbranched alkanes of at least 4 members (excludes halogenated alkanes) is 13. The van der Waals surface area contributed by atoms with E-state index in [1.807, 2.05) is 34.9 Å². The maximum atomic E-state index is 13.0. The molecule has 0 spiro atoms. The summed E-state index contributed by atoms with van der Waals surface area (Å²) in [5.74, 6) is -2.29. The first-order chi connectivity index (χ1) is 32.7. The first kappa shape index (κ1) is 67.0. The van der Waals surface area contributed by atoms with Crippen molar-refractivity contribution in [3.8, 4) is 0 Å². The van der Waals surface area contributed by atoms with Crippen LogP contribution in [0, 0.1) is 0 Å². The predicted molar refractivity (Wildman–Crippen MR) is 273 cm³/mol. The number of amides is 2. The molecule has 0 aromatic heterocycles. The standard InChI is InChI=1S/C49H95N5O14S2/c1-48(2,3)67-46(58)27-23-21-19-17-15-13-11-10-12-14-16-18-20-22-26-44(56)53-42(47(59)68-49(4,5)6)28-29-43(55)50-31-24-40-69(60,61)51-32-25-41-70(62,63)52-33-34-54(7,8)35-37-66-39-38-65-36-30-45(57)64-9/h42,51-52H,10-41H2,1-9H3,(H-,50,53,55,56)/p+1. The fourth-order valence-corrected chi connectivity index (χ4v) is 9.15. The second-order valence-electron chi connectivity index (χ2n) is 20.6. The van der Waals surface area contributed by atoms with Gasteiger partial charge >= 0.3 is 17.9 Å². The zero-order chi connectivity index (χ0) is 53.0. The van der Waals surface area contributed by atoms with Crippen molar-refractivity contribution in [2.24, 2.45) is 0 Å². The molecule has 0 heterocycles. The van der Waals surface area contributed by atoms with Crippen molar-refractivity contribution in [3.05, 3.63) is 0 Å². The summed E-state index contributed by atoms with van der Waals surface area (Å²) in [5, 5.41) is 5.42. The Morgan fingerprint density at radius 3 is 1.49 bits per heavy atom. The lowest BCUT2D eigenvalue weighted by Gasteiger charge is -2.29. The molecule has 0 radical (unpaired) electrons. The Morgan fingerprint density at radius 2 is 0.971 bits per heavy atom. The summed E-state index contributed by atoms with van der Waals surface area (Å²) < 4.78 is 81.9. The van der Waals surface area contributed by atoms with Gasteiger partial charge in [0.05, 0.1) is 78.6 Å². The van der Waals surface area contributed by atoms with Gasteiger partial charge in [-0.2, -0.15) is 0 Å². The van der Waals surface area contributed by atoms with Crippen molar-refractivity contribution in [2.75, 3.05) is 91.9 Å². The van der Waals surface area contributed by atoms with E-state index < -0.39 is 49.2 Å². The molecule has 21 heteroatoms. The molecule has 70 heavy (non-hydrogen) atoms. The monoisotopic (exact) mass is 1040 g/mol. The van der Waals surface area contributed by atoms with E-state index in [0.29, 0.717) is 50.2 Å². The molecule has 0 rings (SSSR count). The summed E-state index contributed by atoms with van der Waals surface area (Å²) in [4.78, 5) is 61.3. The number of likely N-dealkylation sites (N-methyl/N-ethyl adjacent to an activating group) is 1. The van der Waals surface area contributed by atoms with E-state index in [1.54, 1.807) is 20.8 Å². The third-order valence-electron chi connectivity index (χ3n) is 10.9. The molecule has 0 aromatic rings. The minimum Gasteiger partial charge on any atom is -0.469 e. The van der Waals surface area contributed by atoms with Crippen LogP contribution in [0.2, 0.25) is 0 Å². The van der Waals surface area contributed by atoms with Gasteiger partial charge in [0.1, 0.15) is 23.8 Å². The SMILES string of the molecule is COC(=O)CCOCCOCC[N+](C)(C)CCNS(=O)(=O)CCCNS(=O)(=O)CCCNC(=O)CCC(NC(=O)CCCCCCCCCCCCCCCCC(=O)OC(C)(C)C)C(=O)OC(C)(C)C. The highest BCUT2D eigenvalue weighted by molar-refractivity contribution is 7.89. The third kappa shape index (κ3) is 43.8. The van der Waals surface area contributed by atoms with Crippen LogP contribution in [0.1, 0.15) is 176 Å². The molecule has 1 atom stereocenters. The van der Waals surface area contributed by atoms with Crippen LogP contribution in [0.4, 0.5) is 0 Å². The minimum absolute atomic E-state index is 0.0186. The molecule has 0 aliphatic heterocycles. The number of methoxy groups -OCH3 is 1. The lowest BCUT2D eigenvalue weighted by atomic mass is 10.0. The van der Waals surface area contributed by atoms with E-state index >= 15 is 0 Å². The highest BCUT2D eigenvalue weighted by atomic mass is 32.2. The second-order valence-corrected chi connectivity index (χ2v) is 24.5. The van der Waals surface area contributed by atoms with Crippen LogP contribution in [-0.4, -0.2) is 160 Å². The molecule has 412 valence electrons. The zero-order valence-electron chi connectivity index (χ0n) is 44.7. The van der Waals surface area contributed by atoms with E-state index in [2.05, 4.69) is 24.8 Å². The van der Waals surface area contributed by atoms with Crippen LogP contribution in [-0.2, 0) is 67.7 Å². The Labute approximate surface area is 422 Å². The maximum absolute atomic E-state index is 13.0. The molecule has 0 aromatic carbocycles. The lowest BCUT2D eigenvalue weighted by molar-refractivity contribution is -0.889. The number of quaternary nitrogens is 1. The van der Waals surface area contributed by atoms with E-state index in [-0.39, 0.29) is 94.1 Å². The van der Waals surface area contributed by atoms with Crippen LogP contribution in [0.15, 0.2) is 0 Å². The number of ether oxygens (including phenoxy) is 5. The average molecular weight is 1040 g/mol. The quantitative estimate of drug-likeness (QED) is 0.0252. The molecule has 2 amide bonds. The van der Waals surface area contributed by atoms with Gasteiger partial charge in [-0.3, -0.25) is 19.2 Å². The number of nitrogens with one attached hydrogen (secondary N) is 4. The number of sulfonamides is 2. The number of hydrogen-bond donors (Lipinski definition) is 4. The van der Waals surface area contributed by atoms with Crippen LogP contribution < -0.4 is 20.1 Å². The van der Waals surface area contributed by atoms with Gasteiger partial charge in [0.15, 0.2) is 0 Å². The number of nitrogens with zero attached hydrogens (tertiary/aromatic N) is 1. The predicted octanol–water partition coefficient (Wildman–Crippen LogP) is 5.58. The Hall–Kier alpha value is -2.95. The van der Waals surface area contributed by atoms with Crippen molar-refractivity contribution >= 4 is 49.8 Å². The maximum Gasteiger partial charge on any atom is 0.329 e. The molecule has 19 nitrogen and oxygen atoms in total. The van der Waals surface area contributed by atoms with Gasteiger partial charge in [0.25, 0.3) is 0 Å². The Bertz CT molecular complexity index is 1680. The third-order valence-corrected chi connectivity index (χ3v) is 13.8. The fourth-order valence-electron chi connectivity index (χ4n) is 6.95. The van der Waals surface area contributed by atoms with Gasteiger partial charge in [0.2, 0.25) is 31.9 Å². The Balaban J connectivity index is 4.28. The largest absolute Gasteiger partial charge is 0.469 e. The molecular formula is C49H96N5O14S2+. The summed E-state index contributed by atoms with van der Waals surface area (Å²) in [6, 6.07) is -1.01. The minimum atomic E-state index is -3.73. The van der Waals surface area contributed by atoms with Crippen LogP contribution >= 0.6 is 0 Å². The van der Waals surface area contributed by atoms with Crippen LogP contribution in [0.5, 0.6) is 0 Å².